The third kappa shape index (κ3) is 3.24. The number of carboxylic acids is 1. The van der Waals surface area contributed by atoms with Crippen LogP contribution in [0.1, 0.15) is 15.9 Å². The lowest BCUT2D eigenvalue weighted by atomic mass is 10.2. The predicted octanol–water partition coefficient (Wildman–Crippen LogP) is 4.25. The molecule has 2 rings (SSSR count). The summed E-state index contributed by atoms with van der Waals surface area (Å²) in [7, 11) is 0. The van der Waals surface area contributed by atoms with E-state index in [9.17, 15) is 4.79 Å². The number of hydrogen-bond donors (Lipinski definition) is 2. The van der Waals surface area contributed by atoms with Gasteiger partial charge in [0.2, 0.25) is 0 Å². The van der Waals surface area contributed by atoms with Gasteiger partial charge in [0.15, 0.2) is 0 Å². The number of anilines is 2. The lowest BCUT2D eigenvalue weighted by Gasteiger charge is -2.10. The van der Waals surface area contributed by atoms with Crippen LogP contribution in [0, 0.1) is 6.92 Å². The third-order valence-electron chi connectivity index (χ3n) is 2.46. The number of carboxylic acid groups (broad SMARTS) is 1. The molecule has 0 saturated heterocycles. The van der Waals surface area contributed by atoms with Crippen LogP contribution in [0.3, 0.4) is 0 Å². The maximum absolute atomic E-state index is 11.2. The van der Waals surface area contributed by atoms with Crippen molar-refractivity contribution in [2.45, 2.75) is 6.92 Å². The number of nitrogens with one attached hydrogen (secondary N) is 1. The first-order valence-electron chi connectivity index (χ1n) is 5.39. The summed E-state index contributed by atoms with van der Waals surface area (Å²) in [5, 5.41) is 12.6. The number of rotatable bonds is 3. The molecule has 2 N–H and O–H groups in total. The monoisotopic (exact) mass is 340 g/mol. The second-order valence-electron chi connectivity index (χ2n) is 3.96. The van der Waals surface area contributed by atoms with Crippen molar-refractivity contribution in [1.82, 2.24) is 4.98 Å². The highest BCUT2D eigenvalue weighted by Crippen LogP contribution is 2.28. The number of aromatic carboxylic acids is 1. The zero-order valence-electron chi connectivity index (χ0n) is 9.95. The molecule has 0 radical (unpaired) electrons. The molecule has 2 aromatic rings. The fourth-order valence-corrected chi connectivity index (χ4v) is 2.16. The van der Waals surface area contributed by atoms with E-state index in [1.807, 2.05) is 13.0 Å². The molecule has 19 heavy (non-hydrogen) atoms. The number of carbonyl (C=O) groups is 1. The van der Waals surface area contributed by atoms with E-state index in [-0.39, 0.29) is 11.4 Å². The molecular weight excluding hydrogens is 332 g/mol. The number of aromatic nitrogens is 1. The highest BCUT2D eigenvalue weighted by molar-refractivity contribution is 9.10. The van der Waals surface area contributed by atoms with Gasteiger partial charge in [0, 0.05) is 10.7 Å². The standard InChI is InChI=1S/C13H10BrClN2O2/c1-7-2-3-11(10(15)4-7)17-12-9(13(18)19)5-8(14)6-16-12/h2-6H,1H3,(H,16,17)(H,18,19). The maximum Gasteiger partial charge on any atom is 0.339 e. The molecule has 6 heteroatoms. The fourth-order valence-electron chi connectivity index (χ4n) is 1.55. The van der Waals surface area contributed by atoms with Gasteiger partial charge in [-0.3, -0.25) is 0 Å². The van der Waals surface area contributed by atoms with Crippen molar-refractivity contribution in [1.29, 1.82) is 0 Å². The van der Waals surface area contributed by atoms with Crippen molar-refractivity contribution in [2.24, 2.45) is 0 Å². The van der Waals surface area contributed by atoms with Gasteiger partial charge in [0.05, 0.1) is 10.7 Å². The zero-order chi connectivity index (χ0) is 14.0. The molecule has 0 aliphatic heterocycles. The van der Waals surface area contributed by atoms with Crippen LogP contribution in [0.5, 0.6) is 0 Å². The van der Waals surface area contributed by atoms with Crippen LogP contribution in [0.4, 0.5) is 11.5 Å². The number of hydrogen-bond acceptors (Lipinski definition) is 3. The Morgan fingerprint density at radius 1 is 1.42 bits per heavy atom. The van der Waals surface area contributed by atoms with Gasteiger partial charge in [0.25, 0.3) is 0 Å². The van der Waals surface area contributed by atoms with Crippen molar-refractivity contribution in [3.8, 4) is 0 Å². The van der Waals surface area contributed by atoms with Crippen LogP contribution in [-0.4, -0.2) is 16.1 Å². The number of aryl methyl sites for hydroxylation is 1. The number of halogens is 2. The summed E-state index contributed by atoms with van der Waals surface area (Å²) in [6.07, 6.45) is 1.52. The molecule has 0 spiro atoms. The smallest absolute Gasteiger partial charge is 0.339 e. The molecule has 0 atom stereocenters. The second-order valence-corrected chi connectivity index (χ2v) is 5.29. The van der Waals surface area contributed by atoms with E-state index in [0.29, 0.717) is 15.2 Å². The first-order valence-corrected chi connectivity index (χ1v) is 6.56. The number of benzene rings is 1. The van der Waals surface area contributed by atoms with Crippen LogP contribution in [0.25, 0.3) is 0 Å². The summed E-state index contributed by atoms with van der Waals surface area (Å²) < 4.78 is 0.602. The fraction of sp³-hybridized carbons (Fsp3) is 0.0769. The van der Waals surface area contributed by atoms with Gasteiger partial charge in [-0.05, 0) is 46.6 Å². The van der Waals surface area contributed by atoms with E-state index in [0.717, 1.165) is 5.56 Å². The Hall–Kier alpha value is -1.59. The van der Waals surface area contributed by atoms with E-state index in [1.54, 1.807) is 12.1 Å². The second kappa shape index (κ2) is 5.59. The topological polar surface area (TPSA) is 62.2 Å². The Labute approximate surface area is 123 Å². The van der Waals surface area contributed by atoms with Crippen LogP contribution in [-0.2, 0) is 0 Å². The third-order valence-corrected chi connectivity index (χ3v) is 3.21. The van der Waals surface area contributed by atoms with Gasteiger partial charge in [0.1, 0.15) is 11.4 Å². The van der Waals surface area contributed by atoms with E-state index in [4.69, 9.17) is 16.7 Å². The van der Waals surface area contributed by atoms with E-state index >= 15 is 0 Å². The molecule has 1 heterocycles. The molecule has 1 aromatic carbocycles. The molecule has 0 aliphatic carbocycles. The van der Waals surface area contributed by atoms with Crippen molar-refractivity contribution >= 4 is 45.0 Å². The van der Waals surface area contributed by atoms with Crippen LogP contribution < -0.4 is 5.32 Å². The highest BCUT2D eigenvalue weighted by atomic mass is 79.9. The summed E-state index contributed by atoms with van der Waals surface area (Å²) in [6, 6.07) is 6.95. The Morgan fingerprint density at radius 3 is 2.79 bits per heavy atom. The van der Waals surface area contributed by atoms with Crippen molar-refractivity contribution in [3.05, 3.63) is 51.1 Å². The molecule has 0 fully saturated rings. The SMILES string of the molecule is Cc1ccc(Nc2ncc(Br)cc2C(=O)O)c(Cl)c1. The Kier molecular flexibility index (Phi) is 4.07. The average Bonchev–Trinajstić information content (AvgIpc) is 2.34. The molecule has 0 saturated carbocycles. The number of nitrogens with zero attached hydrogens (tertiary/aromatic N) is 1. The van der Waals surface area contributed by atoms with Crippen molar-refractivity contribution < 1.29 is 9.90 Å². The summed E-state index contributed by atoms with van der Waals surface area (Å²) in [4.78, 5) is 15.2. The van der Waals surface area contributed by atoms with Crippen molar-refractivity contribution in [3.63, 3.8) is 0 Å². The van der Waals surface area contributed by atoms with E-state index in [2.05, 4.69) is 26.2 Å². The molecule has 0 unspecified atom stereocenters. The normalized spacial score (nSPS) is 10.3. The summed E-state index contributed by atoms with van der Waals surface area (Å²) in [6.45, 7) is 1.93. The van der Waals surface area contributed by atoms with Gasteiger partial charge < -0.3 is 10.4 Å². The van der Waals surface area contributed by atoms with Gasteiger partial charge in [-0.1, -0.05) is 17.7 Å². The minimum Gasteiger partial charge on any atom is -0.478 e. The maximum atomic E-state index is 11.2. The Balaban J connectivity index is 2.40. The highest BCUT2D eigenvalue weighted by Gasteiger charge is 2.13. The molecule has 0 bridgehead atoms. The van der Waals surface area contributed by atoms with E-state index in [1.165, 1.54) is 12.3 Å². The molecule has 1 aromatic heterocycles. The van der Waals surface area contributed by atoms with Crippen molar-refractivity contribution in [2.75, 3.05) is 5.32 Å². The molecule has 98 valence electrons. The van der Waals surface area contributed by atoms with Crippen LogP contribution in [0.2, 0.25) is 5.02 Å². The lowest BCUT2D eigenvalue weighted by Crippen LogP contribution is -2.05. The number of pyridine rings is 1. The summed E-state index contributed by atoms with van der Waals surface area (Å²) in [5.74, 6) is -0.805. The predicted molar refractivity (Wildman–Crippen MR) is 78.4 cm³/mol. The van der Waals surface area contributed by atoms with E-state index < -0.39 is 5.97 Å². The molecule has 0 amide bonds. The zero-order valence-corrected chi connectivity index (χ0v) is 12.3. The minimum absolute atomic E-state index is 0.0750. The summed E-state index contributed by atoms with van der Waals surface area (Å²) in [5.41, 5.74) is 1.72. The summed E-state index contributed by atoms with van der Waals surface area (Å²) >= 11 is 9.29. The van der Waals surface area contributed by atoms with Gasteiger partial charge in [-0.2, -0.15) is 0 Å². The Morgan fingerprint density at radius 2 is 2.16 bits per heavy atom. The average molecular weight is 342 g/mol. The van der Waals surface area contributed by atoms with Crippen LogP contribution in [0.15, 0.2) is 34.9 Å². The van der Waals surface area contributed by atoms with Gasteiger partial charge in [-0.25, -0.2) is 9.78 Å². The van der Waals surface area contributed by atoms with Crippen LogP contribution >= 0.6 is 27.5 Å². The lowest BCUT2D eigenvalue weighted by molar-refractivity contribution is 0.0697. The Bertz CT molecular complexity index is 647. The molecule has 0 aliphatic rings. The first-order chi connectivity index (χ1) is 8.97. The molecular formula is C13H10BrClN2O2. The van der Waals surface area contributed by atoms with Gasteiger partial charge >= 0.3 is 5.97 Å². The quantitative estimate of drug-likeness (QED) is 0.876. The minimum atomic E-state index is -1.06. The largest absolute Gasteiger partial charge is 0.478 e. The van der Waals surface area contributed by atoms with Gasteiger partial charge in [-0.15, -0.1) is 0 Å². The first kappa shape index (κ1) is 13.8. The molecule has 4 nitrogen and oxygen atoms in total.